The van der Waals surface area contributed by atoms with E-state index < -0.39 is 0 Å². The first-order chi connectivity index (χ1) is 12.5. The Hall–Kier alpha value is -2.40. The molecule has 0 aliphatic carbocycles. The summed E-state index contributed by atoms with van der Waals surface area (Å²) >= 11 is 0. The third-order valence-corrected chi connectivity index (χ3v) is 4.73. The Morgan fingerprint density at radius 2 is 1.96 bits per heavy atom. The van der Waals surface area contributed by atoms with Gasteiger partial charge < -0.3 is 14.5 Å². The smallest absolute Gasteiger partial charge is 0.254 e. The van der Waals surface area contributed by atoms with Gasteiger partial charge in [-0.2, -0.15) is 0 Å². The van der Waals surface area contributed by atoms with Crippen molar-refractivity contribution in [3.8, 4) is 5.75 Å². The number of carbonyl (C=O) groups excluding carboxylic acids is 1. The largest absolute Gasteiger partial charge is 0.490 e. The van der Waals surface area contributed by atoms with Crippen LogP contribution < -0.4 is 4.74 Å². The van der Waals surface area contributed by atoms with Crippen molar-refractivity contribution >= 4 is 5.91 Å². The highest BCUT2D eigenvalue weighted by atomic mass is 16.5. The molecule has 1 aromatic carbocycles. The maximum Gasteiger partial charge on any atom is 0.254 e. The molecule has 3 rings (SSSR count). The highest BCUT2D eigenvalue weighted by Gasteiger charge is 2.26. The van der Waals surface area contributed by atoms with E-state index in [1.807, 2.05) is 62.4 Å². The molecule has 0 N–H and O–H groups in total. The summed E-state index contributed by atoms with van der Waals surface area (Å²) in [6.45, 7) is 4.22. The number of aryl methyl sites for hydroxylation is 1. The number of likely N-dealkylation sites (tertiary alicyclic amines) is 1. The Morgan fingerprint density at radius 3 is 2.65 bits per heavy atom. The summed E-state index contributed by atoms with van der Waals surface area (Å²) in [6, 6.07) is 9.81. The van der Waals surface area contributed by atoms with E-state index in [1.165, 1.54) is 0 Å². The number of nitrogens with zero attached hydrogens (tertiary/aromatic N) is 3. The number of pyridine rings is 1. The summed E-state index contributed by atoms with van der Waals surface area (Å²) in [7, 11) is 4.04. The highest BCUT2D eigenvalue weighted by Crippen LogP contribution is 2.23. The van der Waals surface area contributed by atoms with E-state index in [0.29, 0.717) is 0 Å². The van der Waals surface area contributed by atoms with E-state index in [0.717, 1.165) is 54.9 Å². The lowest BCUT2D eigenvalue weighted by atomic mass is 10.0. The van der Waals surface area contributed by atoms with Crippen LogP contribution in [-0.4, -0.2) is 54.0 Å². The Bertz CT molecular complexity index is 752. The fourth-order valence-electron chi connectivity index (χ4n) is 3.33. The number of hydrogen-bond donors (Lipinski definition) is 0. The Morgan fingerprint density at radius 1 is 1.23 bits per heavy atom. The monoisotopic (exact) mass is 353 g/mol. The predicted molar refractivity (Wildman–Crippen MR) is 102 cm³/mol. The van der Waals surface area contributed by atoms with E-state index >= 15 is 0 Å². The molecule has 0 spiro atoms. The molecule has 0 radical (unpaired) electrons. The van der Waals surface area contributed by atoms with Crippen molar-refractivity contribution in [2.75, 3.05) is 27.2 Å². The number of benzene rings is 1. The van der Waals surface area contributed by atoms with Crippen LogP contribution in [0.3, 0.4) is 0 Å². The van der Waals surface area contributed by atoms with Crippen LogP contribution in [0.2, 0.25) is 0 Å². The number of aromatic nitrogens is 1. The summed E-state index contributed by atoms with van der Waals surface area (Å²) in [6.07, 6.45) is 5.42. The Kier molecular flexibility index (Phi) is 5.89. The van der Waals surface area contributed by atoms with Gasteiger partial charge in [-0.15, -0.1) is 0 Å². The number of rotatable bonds is 5. The second-order valence-corrected chi connectivity index (χ2v) is 7.15. The molecular weight excluding hydrogens is 326 g/mol. The lowest BCUT2D eigenvalue weighted by Crippen LogP contribution is -2.42. The Labute approximate surface area is 155 Å². The maximum absolute atomic E-state index is 13.0. The van der Waals surface area contributed by atoms with Crippen LogP contribution in [0.5, 0.6) is 5.75 Å². The first kappa shape index (κ1) is 18.4. The van der Waals surface area contributed by atoms with Crippen LogP contribution in [-0.2, 0) is 6.54 Å². The molecule has 1 saturated heterocycles. The normalized spacial score (nSPS) is 15.3. The van der Waals surface area contributed by atoms with Gasteiger partial charge in [0, 0.05) is 56.0 Å². The zero-order valence-corrected chi connectivity index (χ0v) is 15.8. The zero-order valence-electron chi connectivity index (χ0n) is 15.8. The minimum absolute atomic E-state index is 0.126. The molecule has 1 amide bonds. The number of carbonyl (C=O) groups is 1. The quantitative estimate of drug-likeness (QED) is 0.828. The van der Waals surface area contributed by atoms with Gasteiger partial charge in [-0.1, -0.05) is 18.2 Å². The van der Waals surface area contributed by atoms with Crippen molar-refractivity contribution in [2.45, 2.75) is 32.4 Å². The molecule has 2 heterocycles. The summed E-state index contributed by atoms with van der Waals surface area (Å²) in [4.78, 5) is 21.1. The van der Waals surface area contributed by atoms with Gasteiger partial charge in [0.15, 0.2) is 0 Å². The molecule has 1 aromatic heterocycles. The summed E-state index contributed by atoms with van der Waals surface area (Å²) in [5, 5.41) is 0. The van der Waals surface area contributed by atoms with Gasteiger partial charge in [0.2, 0.25) is 0 Å². The average molecular weight is 353 g/mol. The summed E-state index contributed by atoms with van der Waals surface area (Å²) in [5.74, 6) is 1.02. The molecule has 1 aliphatic rings. The molecule has 2 aromatic rings. The average Bonchev–Trinajstić information content (AvgIpc) is 2.64. The molecule has 138 valence electrons. The van der Waals surface area contributed by atoms with E-state index in [9.17, 15) is 4.79 Å². The maximum atomic E-state index is 13.0. The number of hydrogen-bond acceptors (Lipinski definition) is 4. The third-order valence-electron chi connectivity index (χ3n) is 4.73. The second kappa shape index (κ2) is 8.32. The molecule has 0 bridgehead atoms. The standard InChI is InChI=1S/C21H27N3O2/c1-16-14-22-11-8-20(16)26-18-9-12-24(13-10-18)21(25)19-7-5-4-6-17(19)15-23(2)3/h4-8,11,14,18H,9-10,12-13,15H2,1-3H3. The minimum atomic E-state index is 0.126. The van der Waals surface area contributed by atoms with Crippen molar-refractivity contribution in [3.05, 3.63) is 59.4 Å². The lowest BCUT2D eigenvalue weighted by molar-refractivity contribution is 0.0592. The molecule has 1 fully saturated rings. The van der Waals surface area contributed by atoms with Crippen LogP contribution >= 0.6 is 0 Å². The number of amides is 1. The molecule has 5 nitrogen and oxygen atoms in total. The first-order valence-electron chi connectivity index (χ1n) is 9.14. The van der Waals surface area contributed by atoms with Gasteiger partial charge in [0.1, 0.15) is 11.9 Å². The molecule has 0 saturated carbocycles. The molecular formula is C21H27N3O2. The fourth-order valence-corrected chi connectivity index (χ4v) is 3.33. The fraction of sp³-hybridized carbons (Fsp3) is 0.429. The van der Waals surface area contributed by atoms with Gasteiger partial charge in [-0.05, 0) is 38.7 Å². The van der Waals surface area contributed by atoms with Gasteiger partial charge >= 0.3 is 0 Å². The summed E-state index contributed by atoms with van der Waals surface area (Å²) < 4.78 is 6.11. The van der Waals surface area contributed by atoms with E-state index in [-0.39, 0.29) is 12.0 Å². The summed E-state index contributed by atoms with van der Waals surface area (Å²) in [5.41, 5.74) is 2.93. The van der Waals surface area contributed by atoms with Crippen LogP contribution in [0.15, 0.2) is 42.7 Å². The zero-order chi connectivity index (χ0) is 18.5. The SMILES string of the molecule is Cc1cnccc1OC1CCN(C(=O)c2ccccc2CN(C)C)CC1. The van der Waals surface area contributed by atoms with E-state index in [4.69, 9.17) is 4.74 Å². The van der Waals surface area contributed by atoms with Crippen molar-refractivity contribution in [1.82, 2.24) is 14.8 Å². The predicted octanol–water partition coefficient (Wildman–Crippen LogP) is 3.14. The van der Waals surface area contributed by atoms with Gasteiger partial charge in [-0.3, -0.25) is 9.78 Å². The molecule has 0 atom stereocenters. The molecule has 26 heavy (non-hydrogen) atoms. The van der Waals surface area contributed by atoms with Gasteiger partial charge in [0.05, 0.1) is 0 Å². The highest BCUT2D eigenvalue weighted by molar-refractivity contribution is 5.95. The van der Waals surface area contributed by atoms with Crippen LogP contribution in [0.4, 0.5) is 0 Å². The number of ether oxygens (including phenoxy) is 1. The molecule has 1 aliphatic heterocycles. The number of piperidine rings is 1. The van der Waals surface area contributed by atoms with Crippen molar-refractivity contribution < 1.29 is 9.53 Å². The van der Waals surface area contributed by atoms with Gasteiger partial charge in [-0.25, -0.2) is 0 Å². The third kappa shape index (κ3) is 4.41. The first-order valence-corrected chi connectivity index (χ1v) is 9.14. The second-order valence-electron chi connectivity index (χ2n) is 7.15. The van der Waals surface area contributed by atoms with E-state index in [2.05, 4.69) is 9.88 Å². The molecule has 5 heteroatoms. The van der Waals surface area contributed by atoms with Crippen molar-refractivity contribution in [2.24, 2.45) is 0 Å². The van der Waals surface area contributed by atoms with Crippen LogP contribution in [0.1, 0.15) is 34.3 Å². The van der Waals surface area contributed by atoms with Crippen molar-refractivity contribution in [1.29, 1.82) is 0 Å². The van der Waals surface area contributed by atoms with Crippen LogP contribution in [0, 0.1) is 6.92 Å². The molecule has 0 unspecified atom stereocenters. The van der Waals surface area contributed by atoms with Crippen LogP contribution in [0.25, 0.3) is 0 Å². The van der Waals surface area contributed by atoms with E-state index in [1.54, 1.807) is 6.20 Å². The van der Waals surface area contributed by atoms with Crippen molar-refractivity contribution in [3.63, 3.8) is 0 Å². The lowest BCUT2D eigenvalue weighted by Gasteiger charge is -2.33. The Balaban J connectivity index is 1.61. The minimum Gasteiger partial charge on any atom is -0.490 e. The van der Waals surface area contributed by atoms with Gasteiger partial charge in [0.25, 0.3) is 5.91 Å². The topological polar surface area (TPSA) is 45.7 Å².